The van der Waals surface area contributed by atoms with Crippen LogP contribution in [0.4, 0.5) is 0 Å². The van der Waals surface area contributed by atoms with Gasteiger partial charge in [-0.05, 0) is 26.8 Å². The summed E-state index contributed by atoms with van der Waals surface area (Å²) in [5.74, 6) is 0. The van der Waals surface area contributed by atoms with E-state index in [0.717, 1.165) is 0 Å². The topological polar surface area (TPSA) is 3.24 Å². The third kappa shape index (κ3) is 3.01. The molecule has 0 spiro atoms. The predicted molar refractivity (Wildman–Crippen MR) is 46.7 cm³/mol. The van der Waals surface area contributed by atoms with Gasteiger partial charge in [0.1, 0.15) is 0 Å². The fraction of sp³-hybridized carbons (Fsp3) is 1.00. The first-order valence-corrected chi connectivity index (χ1v) is 4.48. The molecule has 2 heteroatoms. The van der Waals surface area contributed by atoms with E-state index in [1.807, 2.05) is 0 Å². The average molecular weight is 145 g/mol. The summed E-state index contributed by atoms with van der Waals surface area (Å²) in [5, 5.41) is 0. The smallest absolute Gasteiger partial charge is 0.0794 e. The van der Waals surface area contributed by atoms with Crippen LogP contribution >= 0.6 is 0 Å². The highest BCUT2D eigenvalue weighted by Crippen LogP contribution is 2.12. The lowest BCUT2D eigenvalue weighted by Crippen LogP contribution is -2.43. The van der Waals surface area contributed by atoms with E-state index in [1.54, 1.807) is 0 Å². The largest absolute Gasteiger partial charge is 0.326 e. The maximum absolute atomic E-state index is 2.49. The summed E-state index contributed by atoms with van der Waals surface area (Å²) in [6.45, 7) is 11.3. The first-order chi connectivity index (χ1) is 3.85. The second-order valence-corrected chi connectivity index (χ2v) is 4.84. The molecule has 0 aromatic heterocycles. The lowest BCUT2D eigenvalue weighted by Gasteiger charge is -2.35. The minimum atomic E-state index is 0.375. The van der Waals surface area contributed by atoms with E-state index in [4.69, 9.17) is 0 Å². The van der Waals surface area contributed by atoms with Crippen LogP contribution in [0.25, 0.3) is 0 Å². The molecule has 0 aliphatic carbocycles. The van der Waals surface area contributed by atoms with Crippen LogP contribution in [0.2, 0.25) is 0 Å². The highest BCUT2D eigenvalue weighted by Gasteiger charge is 2.17. The Kier molecular flexibility index (Phi) is 2.90. The summed E-state index contributed by atoms with van der Waals surface area (Å²) < 4.78 is 2.49. The van der Waals surface area contributed by atoms with Crippen LogP contribution in [0, 0.1) is 0 Å². The standard InChI is InChI=1S/C7H19NSi/c1-6(2)8(9)7(3,4)5/h6H,1-5,9H3. The van der Waals surface area contributed by atoms with E-state index < -0.39 is 0 Å². The predicted octanol–water partition coefficient (Wildman–Crippen LogP) is 0.776. The van der Waals surface area contributed by atoms with Crippen LogP contribution in [0.5, 0.6) is 0 Å². The van der Waals surface area contributed by atoms with Crippen molar-refractivity contribution in [2.45, 2.75) is 46.2 Å². The van der Waals surface area contributed by atoms with E-state index in [0.29, 0.717) is 11.6 Å². The SMILES string of the molecule is CC(C)N([SiH3])C(C)(C)C. The molecule has 0 fully saturated rings. The molecule has 0 radical (unpaired) electrons. The van der Waals surface area contributed by atoms with Gasteiger partial charge in [-0.2, -0.15) is 0 Å². The van der Waals surface area contributed by atoms with Crippen molar-refractivity contribution in [2.24, 2.45) is 0 Å². The van der Waals surface area contributed by atoms with Crippen LogP contribution in [-0.4, -0.2) is 26.6 Å². The third-order valence-corrected chi connectivity index (χ3v) is 4.21. The molecule has 0 N–H and O–H groups in total. The number of hydrogen-bond donors (Lipinski definition) is 0. The molecule has 0 aromatic rings. The molecular weight excluding hydrogens is 126 g/mol. The molecule has 0 rings (SSSR count). The van der Waals surface area contributed by atoms with E-state index in [1.165, 1.54) is 10.4 Å². The summed E-state index contributed by atoms with van der Waals surface area (Å²) in [7, 11) is 1.17. The van der Waals surface area contributed by atoms with E-state index in [2.05, 4.69) is 39.2 Å². The molecule has 1 nitrogen and oxygen atoms in total. The minimum Gasteiger partial charge on any atom is -0.326 e. The van der Waals surface area contributed by atoms with Gasteiger partial charge in [-0.1, -0.05) is 13.8 Å². The van der Waals surface area contributed by atoms with Crippen molar-refractivity contribution in [1.29, 1.82) is 0 Å². The van der Waals surface area contributed by atoms with Crippen LogP contribution in [0.15, 0.2) is 0 Å². The van der Waals surface area contributed by atoms with Crippen LogP contribution in [0.3, 0.4) is 0 Å². The highest BCUT2D eigenvalue weighted by molar-refractivity contribution is 6.05. The van der Waals surface area contributed by atoms with Gasteiger partial charge >= 0.3 is 0 Å². The zero-order valence-corrected chi connectivity index (χ0v) is 9.52. The molecule has 9 heavy (non-hydrogen) atoms. The van der Waals surface area contributed by atoms with Gasteiger partial charge in [0.15, 0.2) is 0 Å². The van der Waals surface area contributed by atoms with E-state index >= 15 is 0 Å². The summed E-state index contributed by atoms with van der Waals surface area (Å²) in [6, 6.07) is 0.705. The van der Waals surface area contributed by atoms with Crippen molar-refractivity contribution in [3.63, 3.8) is 0 Å². The Bertz CT molecular complexity index is 83.4. The van der Waals surface area contributed by atoms with Crippen molar-refractivity contribution in [3.8, 4) is 0 Å². The normalized spacial score (nSPS) is 13.7. The quantitative estimate of drug-likeness (QED) is 0.493. The third-order valence-electron chi connectivity index (χ3n) is 1.83. The second-order valence-electron chi connectivity index (χ2n) is 3.88. The molecule has 0 aliphatic heterocycles. The molecule has 0 heterocycles. The first-order valence-electron chi connectivity index (χ1n) is 3.58. The Morgan fingerprint density at radius 2 is 1.56 bits per heavy atom. The molecule has 56 valence electrons. The Hall–Kier alpha value is 0.177. The van der Waals surface area contributed by atoms with Gasteiger partial charge < -0.3 is 4.57 Å². The number of hydrogen-bond acceptors (Lipinski definition) is 1. The number of nitrogens with zero attached hydrogens (tertiary/aromatic N) is 1. The summed E-state index contributed by atoms with van der Waals surface area (Å²) in [6.07, 6.45) is 0. The molecule has 0 unspecified atom stereocenters. The first kappa shape index (κ1) is 9.18. The van der Waals surface area contributed by atoms with Crippen LogP contribution < -0.4 is 0 Å². The molecular formula is C7H19NSi. The van der Waals surface area contributed by atoms with Crippen molar-refractivity contribution >= 4 is 10.4 Å². The van der Waals surface area contributed by atoms with E-state index in [-0.39, 0.29) is 0 Å². The summed E-state index contributed by atoms with van der Waals surface area (Å²) in [5.41, 5.74) is 0.375. The second kappa shape index (κ2) is 2.84. The molecule has 0 amide bonds. The Labute approximate surface area is 61.9 Å². The zero-order chi connectivity index (χ0) is 7.65. The van der Waals surface area contributed by atoms with Gasteiger partial charge in [-0.15, -0.1) is 0 Å². The lowest BCUT2D eigenvalue weighted by atomic mass is 10.1. The van der Waals surface area contributed by atoms with Crippen molar-refractivity contribution < 1.29 is 0 Å². The summed E-state index contributed by atoms with van der Waals surface area (Å²) in [4.78, 5) is 0. The van der Waals surface area contributed by atoms with Crippen LogP contribution in [0.1, 0.15) is 34.6 Å². The van der Waals surface area contributed by atoms with Gasteiger partial charge in [0.05, 0.1) is 10.4 Å². The zero-order valence-electron chi connectivity index (χ0n) is 7.52. The molecule has 0 saturated carbocycles. The average Bonchev–Trinajstić information content (AvgIpc) is 1.62. The van der Waals surface area contributed by atoms with Crippen molar-refractivity contribution in [2.75, 3.05) is 0 Å². The summed E-state index contributed by atoms with van der Waals surface area (Å²) >= 11 is 0. The van der Waals surface area contributed by atoms with Gasteiger partial charge in [0.2, 0.25) is 0 Å². The molecule has 0 saturated heterocycles. The van der Waals surface area contributed by atoms with Gasteiger partial charge in [-0.3, -0.25) is 0 Å². The van der Waals surface area contributed by atoms with Gasteiger partial charge in [0.25, 0.3) is 0 Å². The molecule has 0 atom stereocenters. The maximum Gasteiger partial charge on any atom is 0.0794 e. The fourth-order valence-corrected chi connectivity index (χ4v) is 0.775. The Morgan fingerprint density at radius 3 is 1.56 bits per heavy atom. The van der Waals surface area contributed by atoms with Crippen molar-refractivity contribution in [1.82, 2.24) is 4.57 Å². The highest BCUT2D eigenvalue weighted by atomic mass is 28.2. The molecule has 0 aromatic carbocycles. The molecule has 0 bridgehead atoms. The van der Waals surface area contributed by atoms with Crippen molar-refractivity contribution in [3.05, 3.63) is 0 Å². The Balaban J connectivity index is 3.88. The lowest BCUT2D eigenvalue weighted by molar-refractivity contribution is 0.218. The minimum absolute atomic E-state index is 0.375. The number of rotatable bonds is 1. The molecule has 0 aliphatic rings. The maximum atomic E-state index is 2.49. The Morgan fingerprint density at radius 1 is 1.22 bits per heavy atom. The van der Waals surface area contributed by atoms with E-state index in [9.17, 15) is 0 Å². The van der Waals surface area contributed by atoms with Gasteiger partial charge in [0, 0.05) is 5.54 Å². The fourth-order valence-electron chi connectivity index (χ4n) is 0.775. The monoisotopic (exact) mass is 145 g/mol. The van der Waals surface area contributed by atoms with Crippen LogP contribution in [-0.2, 0) is 0 Å². The van der Waals surface area contributed by atoms with Gasteiger partial charge in [-0.25, -0.2) is 0 Å².